The van der Waals surface area contributed by atoms with E-state index in [9.17, 15) is 9.90 Å². The largest absolute Gasteiger partial charge is 0.393 e. The van der Waals surface area contributed by atoms with Gasteiger partial charge in [0.25, 0.3) is 0 Å². The SMILES string of the molecule is Cc1cc(CNC(=O)N(C)C[C@@H]2CCC[C@@H]2O)c(C)s1. The molecule has 5 heteroatoms. The van der Waals surface area contributed by atoms with Gasteiger partial charge in [-0.05, 0) is 38.3 Å². The minimum absolute atomic E-state index is 0.0626. The van der Waals surface area contributed by atoms with Crippen LogP contribution in [-0.4, -0.2) is 35.7 Å². The van der Waals surface area contributed by atoms with E-state index in [0.29, 0.717) is 13.1 Å². The van der Waals surface area contributed by atoms with Gasteiger partial charge in [-0.25, -0.2) is 4.79 Å². The Bertz CT molecular complexity index is 472. The Kier molecular flexibility index (Phi) is 5.05. The summed E-state index contributed by atoms with van der Waals surface area (Å²) in [7, 11) is 1.80. The molecule has 0 aliphatic heterocycles. The van der Waals surface area contributed by atoms with E-state index in [1.54, 1.807) is 23.3 Å². The third kappa shape index (κ3) is 3.73. The normalized spacial score (nSPS) is 22.0. The summed E-state index contributed by atoms with van der Waals surface area (Å²) in [5.41, 5.74) is 1.19. The molecule has 1 aliphatic carbocycles. The molecule has 20 heavy (non-hydrogen) atoms. The van der Waals surface area contributed by atoms with E-state index in [1.807, 2.05) is 0 Å². The maximum atomic E-state index is 12.1. The fourth-order valence-corrected chi connectivity index (χ4v) is 3.78. The first-order chi connectivity index (χ1) is 9.47. The van der Waals surface area contributed by atoms with Crippen molar-refractivity contribution >= 4 is 17.4 Å². The van der Waals surface area contributed by atoms with Crippen LogP contribution >= 0.6 is 11.3 Å². The lowest BCUT2D eigenvalue weighted by atomic mass is 10.1. The summed E-state index contributed by atoms with van der Waals surface area (Å²) < 4.78 is 0. The van der Waals surface area contributed by atoms with Crippen molar-refractivity contribution in [2.24, 2.45) is 5.92 Å². The van der Waals surface area contributed by atoms with Crippen LogP contribution in [0.5, 0.6) is 0 Å². The summed E-state index contributed by atoms with van der Waals surface area (Å²) in [5.74, 6) is 0.232. The van der Waals surface area contributed by atoms with Gasteiger partial charge >= 0.3 is 6.03 Å². The Labute approximate surface area is 124 Å². The molecular formula is C15H24N2O2S. The molecule has 1 fully saturated rings. The molecule has 1 aliphatic rings. The number of aryl methyl sites for hydroxylation is 2. The number of hydrogen-bond acceptors (Lipinski definition) is 3. The van der Waals surface area contributed by atoms with E-state index < -0.39 is 0 Å². The lowest BCUT2D eigenvalue weighted by Crippen LogP contribution is -2.40. The Morgan fingerprint density at radius 3 is 2.80 bits per heavy atom. The maximum absolute atomic E-state index is 12.1. The third-order valence-corrected chi connectivity index (χ3v) is 5.06. The van der Waals surface area contributed by atoms with Gasteiger partial charge in [0.05, 0.1) is 6.10 Å². The highest BCUT2D eigenvalue weighted by atomic mass is 32.1. The van der Waals surface area contributed by atoms with Crippen molar-refractivity contribution in [1.29, 1.82) is 0 Å². The second-order valence-electron chi connectivity index (χ2n) is 5.74. The Balaban J connectivity index is 1.80. The fourth-order valence-electron chi connectivity index (χ4n) is 2.83. The molecule has 0 spiro atoms. The molecule has 0 radical (unpaired) electrons. The predicted molar refractivity (Wildman–Crippen MR) is 82.0 cm³/mol. The third-order valence-electron chi connectivity index (χ3n) is 4.05. The van der Waals surface area contributed by atoms with Crippen molar-refractivity contribution in [1.82, 2.24) is 10.2 Å². The molecule has 0 unspecified atom stereocenters. The van der Waals surface area contributed by atoms with Gasteiger partial charge in [-0.15, -0.1) is 11.3 Å². The number of aliphatic hydroxyl groups excluding tert-OH is 1. The number of rotatable bonds is 4. The van der Waals surface area contributed by atoms with Gasteiger partial charge in [-0.3, -0.25) is 0 Å². The van der Waals surface area contributed by atoms with Crippen molar-refractivity contribution in [3.05, 3.63) is 21.4 Å². The highest BCUT2D eigenvalue weighted by molar-refractivity contribution is 7.12. The van der Waals surface area contributed by atoms with Gasteiger partial charge in [0.15, 0.2) is 0 Å². The van der Waals surface area contributed by atoms with Crippen molar-refractivity contribution < 1.29 is 9.90 Å². The molecule has 0 aromatic carbocycles. The molecule has 112 valence electrons. The van der Waals surface area contributed by atoms with Crippen LogP contribution < -0.4 is 5.32 Å². The second-order valence-corrected chi connectivity index (χ2v) is 7.20. The van der Waals surface area contributed by atoms with E-state index >= 15 is 0 Å². The molecule has 2 atom stereocenters. The summed E-state index contributed by atoms with van der Waals surface area (Å²) in [5, 5.41) is 12.8. The van der Waals surface area contributed by atoms with Crippen LogP contribution in [-0.2, 0) is 6.54 Å². The smallest absolute Gasteiger partial charge is 0.317 e. The maximum Gasteiger partial charge on any atom is 0.317 e. The molecule has 0 bridgehead atoms. The molecule has 1 aromatic heterocycles. The van der Waals surface area contributed by atoms with Gasteiger partial charge in [0.1, 0.15) is 0 Å². The lowest BCUT2D eigenvalue weighted by molar-refractivity contribution is 0.114. The highest BCUT2D eigenvalue weighted by Gasteiger charge is 2.27. The quantitative estimate of drug-likeness (QED) is 0.897. The summed E-state index contributed by atoms with van der Waals surface area (Å²) >= 11 is 1.76. The Hall–Kier alpha value is -1.07. The molecule has 2 amide bonds. The number of nitrogens with zero attached hydrogens (tertiary/aromatic N) is 1. The Morgan fingerprint density at radius 1 is 1.50 bits per heavy atom. The molecule has 2 rings (SSSR count). The summed E-state index contributed by atoms with van der Waals surface area (Å²) in [6.45, 7) is 5.37. The standard InChI is InChI=1S/C15H24N2O2S/c1-10-7-13(11(2)20-10)8-16-15(19)17(3)9-12-5-4-6-14(12)18/h7,12,14,18H,4-6,8-9H2,1-3H3,(H,16,19)/t12-,14-/m0/s1. The first-order valence-corrected chi connectivity index (χ1v) is 8.02. The molecule has 1 aromatic rings. The first-order valence-electron chi connectivity index (χ1n) is 7.20. The molecular weight excluding hydrogens is 272 g/mol. The summed E-state index contributed by atoms with van der Waals surface area (Å²) in [6, 6.07) is 2.06. The van der Waals surface area contributed by atoms with Crippen LogP contribution in [0.4, 0.5) is 4.79 Å². The van der Waals surface area contributed by atoms with Gasteiger partial charge in [0.2, 0.25) is 0 Å². The molecule has 2 N–H and O–H groups in total. The number of amides is 2. The zero-order valence-electron chi connectivity index (χ0n) is 12.5. The van der Waals surface area contributed by atoms with Crippen molar-refractivity contribution in [2.45, 2.75) is 45.8 Å². The van der Waals surface area contributed by atoms with Gasteiger partial charge in [0, 0.05) is 35.8 Å². The number of carbonyl (C=O) groups excluding carboxylic acids is 1. The van der Waals surface area contributed by atoms with Crippen LogP contribution in [0.3, 0.4) is 0 Å². The number of nitrogens with one attached hydrogen (secondary N) is 1. The topological polar surface area (TPSA) is 52.6 Å². The minimum Gasteiger partial charge on any atom is -0.393 e. The summed E-state index contributed by atoms with van der Waals surface area (Å²) in [4.78, 5) is 16.3. The average Bonchev–Trinajstić information content (AvgIpc) is 2.93. The lowest BCUT2D eigenvalue weighted by Gasteiger charge is -2.23. The fraction of sp³-hybridized carbons (Fsp3) is 0.667. The number of carbonyl (C=O) groups is 1. The van der Waals surface area contributed by atoms with Crippen LogP contribution in [0.2, 0.25) is 0 Å². The first kappa shape index (κ1) is 15.3. The number of aliphatic hydroxyl groups is 1. The Morgan fingerprint density at radius 2 is 2.25 bits per heavy atom. The van der Waals surface area contributed by atoms with E-state index in [-0.39, 0.29) is 18.1 Å². The van der Waals surface area contributed by atoms with Crippen molar-refractivity contribution in [3.8, 4) is 0 Å². The van der Waals surface area contributed by atoms with Crippen LogP contribution in [0.25, 0.3) is 0 Å². The predicted octanol–water partition coefficient (Wildman–Crippen LogP) is 2.67. The van der Waals surface area contributed by atoms with Crippen molar-refractivity contribution in [3.63, 3.8) is 0 Å². The average molecular weight is 296 g/mol. The van der Waals surface area contributed by atoms with E-state index in [1.165, 1.54) is 15.3 Å². The van der Waals surface area contributed by atoms with Crippen LogP contribution in [0.1, 0.15) is 34.6 Å². The van der Waals surface area contributed by atoms with E-state index in [4.69, 9.17) is 0 Å². The highest BCUT2D eigenvalue weighted by Crippen LogP contribution is 2.26. The van der Waals surface area contributed by atoms with Gasteiger partial charge < -0.3 is 15.3 Å². The number of hydrogen-bond donors (Lipinski definition) is 2. The molecule has 1 heterocycles. The monoisotopic (exact) mass is 296 g/mol. The number of thiophene rings is 1. The van der Waals surface area contributed by atoms with E-state index in [2.05, 4.69) is 25.2 Å². The molecule has 1 saturated carbocycles. The van der Waals surface area contributed by atoms with Crippen LogP contribution in [0.15, 0.2) is 6.07 Å². The van der Waals surface area contributed by atoms with Gasteiger partial charge in [-0.1, -0.05) is 6.42 Å². The molecule has 4 nitrogen and oxygen atoms in total. The molecule has 0 saturated heterocycles. The van der Waals surface area contributed by atoms with Gasteiger partial charge in [-0.2, -0.15) is 0 Å². The second kappa shape index (κ2) is 6.59. The number of urea groups is 1. The van der Waals surface area contributed by atoms with Crippen molar-refractivity contribution in [2.75, 3.05) is 13.6 Å². The summed E-state index contributed by atoms with van der Waals surface area (Å²) in [6.07, 6.45) is 2.70. The zero-order chi connectivity index (χ0) is 14.7. The minimum atomic E-state index is -0.244. The van der Waals surface area contributed by atoms with Crippen LogP contribution in [0, 0.1) is 19.8 Å². The van der Waals surface area contributed by atoms with E-state index in [0.717, 1.165) is 19.3 Å². The zero-order valence-corrected chi connectivity index (χ0v) is 13.3.